The summed E-state index contributed by atoms with van der Waals surface area (Å²) in [6.07, 6.45) is 1.82. The van der Waals surface area contributed by atoms with Crippen LogP contribution in [0.1, 0.15) is 19.8 Å². The molecule has 1 rings (SSSR count). The number of sulfonamides is 1. The molecular weight excluding hydrogens is 332 g/mol. The predicted molar refractivity (Wildman–Crippen MR) is 93.9 cm³/mol. The van der Waals surface area contributed by atoms with Gasteiger partial charge in [-0.25, -0.2) is 8.42 Å². The number of benzene rings is 1. The standard InChI is InChI=1S/C16H26N2O5S/c1-5-15(16(19)17-11-6-12-22-3)23-14-9-7-13(8-10-14)18(2)24(4,20)21/h7-10,15H,5-6,11-12H2,1-4H3,(H,17,19)/t15-/m1/s1. The van der Waals surface area contributed by atoms with Crippen molar-refractivity contribution in [3.8, 4) is 5.75 Å². The Hall–Kier alpha value is -1.80. The van der Waals surface area contributed by atoms with Crippen LogP contribution in [0.4, 0.5) is 5.69 Å². The van der Waals surface area contributed by atoms with Crippen LogP contribution < -0.4 is 14.4 Å². The van der Waals surface area contributed by atoms with Crippen LogP contribution >= 0.6 is 0 Å². The van der Waals surface area contributed by atoms with Crippen LogP contribution in [0.2, 0.25) is 0 Å². The third-order valence-corrected chi connectivity index (χ3v) is 4.67. The van der Waals surface area contributed by atoms with Crippen molar-refractivity contribution < 1.29 is 22.7 Å². The zero-order valence-electron chi connectivity index (χ0n) is 14.6. The molecule has 0 bridgehead atoms. The molecule has 0 spiro atoms. The van der Waals surface area contributed by atoms with Crippen molar-refractivity contribution >= 4 is 21.6 Å². The number of methoxy groups -OCH3 is 1. The Kier molecular flexibility index (Phi) is 8.00. The average molecular weight is 358 g/mol. The number of anilines is 1. The van der Waals surface area contributed by atoms with E-state index in [1.165, 1.54) is 11.4 Å². The Bertz CT molecular complexity index is 616. The SMILES string of the molecule is CC[C@@H](Oc1ccc(N(C)S(C)(=O)=O)cc1)C(=O)NCCCOC. The maximum atomic E-state index is 12.1. The molecule has 0 heterocycles. The normalized spacial score (nSPS) is 12.5. The van der Waals surface area contributed by atoms with Gasteiger partial charge in [0.25, 0.3) is 5.91 Å². The molecule has 0 aliphatic rings. The Balaban J connectivity index is 2.64. The lowest BCUT2D eigenvalue weighted by molar-refractivity contribution is -0.128. The average Bonchev–Trinajstić information content (AvgIpc) is 2.55. The van der Waals surface area contributed by atoms with Crippen LogP contribution in [0.5, 0.6) is 5.75 Å². The van der Waals surface area contributed by atoms with Gasteiger partial charge in [0, 0.05) is 27.3 Å². The molecule has 8 heteroatoms. The van der Waals surface area contributed by atoms with E-state index in [4.69, 9.17) is 9.47 Å². The van der Waals surface area contributed by atoms with Crippen molar-refractivity contribution in [1.82, 2.24) is 5.32 Å². The first-order valence-corrected chi connectivity index (χ1v) is 9.61. The summed E-state index contributed by atoms with van der Waals surface area (Å²) in [4.78, 5) is 12.1. The number of nitrogens with one attached hydrogen (secondary N) is 1. The fraction of sp³-hybridized carbons (Fsp3) is 0.562. The zero-order chi connectivity index (χ0) is 18.2. The lowest BCUT2D eigenvalue weighted by Crippen LogP contribution is -2.38. The summed E-state index contributed by atoms with van der Waals surface area (Å²) in [5.41, 5.74) is 0.530. The van der Waals surface area contributed by atoms with Crippen LogP contribution in [0.3, 0.4) is 0 Å². The molecule has 0 fully saturated rings. The Morgan fingerprint density at radius 2 is 1.92 bits per heavy atom. The van der Waals surface area contributed by atoms with Crippen LogP contribution in [-0.2, 0) is 19.6 Å². The van der Waals surface area contributed by atoms with Gasteiger partial charge in [0.05, 0.1) is 11.9 Å². The van der Waals surface area contributed by atoms with Crippen molar-refractivity contribution in [1.29, 1.82) is 0 Å². The third kappa shape index (κ3) is 6.37. The first-order chi connectivity index (χ1) is 11.3. The minimum absolute atomic E-state index is 0.175. The van der Waals surface area contributed by atoms with E-state index in [0.717, 1.165) is 12.7 Å². The van der Waals surface area contributed by atoms with Gasteiger partial charge in [-0.2, -0.15) is 0 Å². The predicted octanol–water partition coefficient (Wildman–Crippen LogP) is 1.39. The minimum Gasteiger partial charge on any atom is -0.481 e. The number of carbonyl (C=O) groups excluding carboxylic acids is 1. The molecule has 0 aromatic heterocycles. The lowest BCUT2D eigenvalue weighted by Gasteiger charge is -2.19. The Morgan fingerprint density at radius 3 is 2.42 bits per heavy atom. The molecule has 24 heavy (non-hydrogen) atoms. The highest BCUT2D eigenvalue weighted by Crippen LogP contribution is 2.21. The van der Waals surface area contributed by atoms with E-state index >= 15 is 0 Å². The molecule has 1 N–H and O–H groups in total. The molecule has 0 unspecified atom stereocenters. The fourth-order valence-corrected chi connectivity index (χ4v) is 2.46. The summed E-state index contributed by atoms with van der Waals surface area (Å²) in [5, 5.41) is 2.81. The molecule has 7 nitrogen and oxygen atoms in total. The number of hydrogen-bond acceptors (Lipinski definition) is 5. The summed E-state index contributed by atoms with van der Waals surface area (Å²) >= 11 is 0. The second-order valence-electron chi connectivity index (χ2n) is 5.38. The van der Waals surface area contributed by atoms with Gasteiger partial charge in [-0.3, -0.25) is 9.10 Å². The number of ether oxygens (including phenoxy) is 2. The van der Waals surface area contributed by atoms with Crippen molar-refractivity contribution in [2.24, 2.45) is 0 Å². The number of amides is 1. The molecule has 136 valence electrons. The van der Waals surface area contributed by atoms with Gasteiger partial charge in [-0.15, -0.1) is 0 Å². The number of hydrogen-bond donors (Lipinski definition) is 1. The van der Waals surface area contributed by atoms with Crippen molar-refractivity contribution in [2.75, 3.05) is 37.9 Å². The quantitative estimate of drug-likeness (QED) is 0.639. The molecular formula is C16H26N2O5S. The maximum Gasteiger partial charge on any atom is 0.261 e. The van der Waals surface area contributed by atoms with Gasteiger partial charge < -0.3 is 14.8 Å². The largest absolute Gasteiger partial charge is 0.481 e. The first kappa shape index (κ1) is 20.2. The van der Waals surface area contributed by atoms with E-state index in [2.05, 4.69) is 5.32 Å². The first-order valence-electron chi connectivity index (χ1n) is 7.76. The highest BCUT2D eigenvalue weighted by atomic mass is 32.2. The van der Waals surface area contributed by atoms with Crippen LogP contribution in [0.25, 0.3) is 0 Å². The minimum atomic E-state index is -3.31. The molecule has 0 saturated carbocycles. The third-order valence-electron chi connectivity index (χ3n) is 3.46. The van der Waals surface area contributed by atoms with Gasteiger partial charge in [-0.1, -0.05) is 6.92 Å². The second kappa shape index (κ2) is 9.48. The molecule has 1 amide bonds. The van der Waals surface area contributed by atoms with E-state index < -0.39 is 16.1 Å². The zero-order valence-corrected chi connectivity index (χ0v) is 15.4. The van der Waals surface area contributed by atoms with Crippen molar-refractivity contribution in [3.63, 3.8) is 0 Å². The Morgan fingerprint density at radius 1 is 1.29 bits per heavy atom. The van der Waals surface area contributed by atoms with Crippen LogP contribution in [0, 0.1) is 0 Å². The van der Waals surface area contributed by atoms with Crippen LogP contribution in [0.15, 0.2) is 24.3 Å². The topological polar surface area (TPSA) is 84.9 Å². The van der Waals surface area contributed by atoms with E-state index in [-0.39, 0.29) is 5.91 Å². The van der Waals surface area contributed by atoms with E-state index in [1.54, 1.807) is 31.4 Å². The number of carbonyl (C=O) groups is 1. The number of nitrogens with zero attached hydrogens (tertiary/aromatic N) is 1. The maximum absolute atomic E-state index is 12.1. The molecule has 1 atom stereocenters. The van der Waals surface area contributed by atoms with Crippen LogP contribution in [-0.4, -0.2) is 54.0 Å². The monoisotopic (exact) mass is 358 g/mol. The van der Waals surface area contributed by atoms with Gasteiger partial charge >= 0.3 is 0 Å². The van der Waals surface area contributed by atoms with Gasteiger partial charge in [0.15, 0.2) is 6.10 Å². The highest BCUT2D eigenvalue weighted by molar-refractivity contribution is 7.92. The smallest absolute Gasteiger partial charge is 0.261 e. The van der Waals surface area contributed by atoms with Gasteiger partial charge in [0.1, 0.15) is 5.75 Å². The molecule has 0 aliphatic carbocycles. The van der Waals surface area contributed by atoms with Gasteiger partial charge in [-0.05, 0) is 37.1 Å². The molecule has 0 aliphatic heterocycles. The summed E-state index contributed by atoms with van der Waals surface area (Å²) in [6.45, 7) is 2.99. The molecule has 0 saturated heterocycles. The Labute approximate surface area is 144 Å². The molecule has 0 radical (unpaired) electrons. The summed E-state index contributed by atoms with van der Waals surface area (Å²) in [6, 6.07) is 6.58. The molecule has 1 aromatic carbocycles. The highest BCUT2D eigenvalue weighted by Gasteiger charge is 2.18. The van der Waals surface area contributed by atoms with E-state index in [9.17, 15) is 13.2 Å². The molecule has 1 aromatic rings. The van der Waals surface area contributed by atoms with Gasteiger partial charge in [0.2, 0.25) is 10.0 Å². The van der Waals surface area contributed by atoms with Crippen molar-refractivity contribution in [2.45, 2.75) is 25.9 Å². The van der Waals surface area contributed by atoms with E-state index in [1.807, 2.05) is 6.92 Å². The summed E-state index contributed by atoms with van der Waals surface area (Å²) in [7, 11) is -0.211. The fourth-order valence-electron chi connectivity index (χ4n) is 1.95. The summed E-state index contributed by atoms with van der Waals surface area (Å²) < 4.78 is 34.8. The summed E-state index contributed by atoms with van der Waals surface area (Å²) in [5.74, 6) is 0.338. The van der Waals surface area contributed by atoms with Crippen molar-refractivity contribution in [3.05, 3.63) is 24.3 Å². The van der Waals surface area contributed by atoms with E-state index in [0.29, 0.717) is 31.0 Å². The number of rotatable bonds is 10. The lowest BCUT2D eigenvalue weighted by atomic mass is 10.2. The second-order valence-corrected chi connectivity index (χ2v) is 7.39.